The Bertz CT molecular complexity index is 195. The van der Waals surface area contributed by atoms with Crippen LogP contribution in [0.15, 0.2) is 12.2 Å². The normalized spacial score (nSPS) is 11.8. The third-order valence-corrected chi connectivity index (χ3v) is 3.77. The Kier molecular flexibility index (Phi) is 9.47. The van der Waals surface area contributed by atoms with E-state index in [0.29, 0.717) is 5.41 Å². The number of hydrogen-bond acceptors (Lipinski definition) is 2. The molecule has 0 aliphatic carbocycles. The number of rotatable bonds is 11. The van der Waals surface area contributed by atoms with Crippen LogP contribution in [-0.2, 0) is 0 Å². The summed E-state index contributed by atoms with van der Waals surface area (Å²) in [7, 11) is 0. The fraction of sp³-hybridized carbons (Fsp3) is 0.867. The highest BCUT2D eigenvalue weighted by Crippen LogP contribution is 2.30. The largest absolute Gasteiger partial charge is 0.258 e. The quantitative estimate of drug-likeness (QED) is 0.323. The highest BCUT2D eigenvalue weighted by atomic mass is 15.3. The lowest BCUT2D eigenvalue weighted by Crippen LogP contribution is -2.41. The highest BCUT2D eigenvalue weighted by Gasteiger charge is 2.24. The van der Waals surface area contributed by atoms with Gasteiger partial charge in [0.05, 0.1) is 0 Å². The summed E-state index contributed by atoms with van der Waals surface area (Å²) in [4.78, 5) is 0. The molecule has 0 saturated heterocycles. The van der Waals surface area contributed by atoms with Gasteiger partial charge in [0, 0.05) is 13.1 Å². The van der Waals surface area contributed by atoms with E-state index in [2.05, 4.69) is 45.1 Å². The molecule has 0 aliphatic heterocycles. The van der Waals surface area contributed by atoms with Crippen LogP contribution in [0.5, 0.6) is 0 Å². The van der Waals surface area contributed by atoms with E-state index in [1.807, 2.05) is 0 Å². The van der Waals surface area contributed by atoms with Gasteiger partial charge >= 0.3 is 0 Å². The molecule has 0 radical (unpaired) electrons. The maximum atomic E-state index is 3.91. The number of hydrogen-bond donors (Lipinski definition) is 2. The molecule has 2 heteroatoms. The van der Waals surface area contributed by atoms with E-state index in [9.17, 15) is 0 Å². The summed E-state index contributed by atoms with van der Waals surface area (Å²) in [5.41, 5.74) is 8.49. The lowest BCUT2D eigenvalue weighted by Gasteiger charge is -2.32. The standard InChI is InChI=1S/C15H32N2/c1-6-11-15(7-2,8-3)13-17-16-12-9-10-14(4)5/h16-17H,4,6-13H2,1-3,5H3. The van der Waals surface area contributed by atoms with Crippen LogP contribution in [0.25, 0.3) is 0 Å². The average Bonchev–Trinajstić information content (AvgIpc) is 2.32. The molecule has 0 atom stereocenters. The van der Waals surface area contributed by atoms with Crippen LogP contribution in [-0.4, -0.2) is 13.1 Å². The third kappa shape index (κ3) is 7.56. The van der Waals surface area contributed by atoms with Gasteiger partial charge in [0.2, 0.25) is 0 Å². The zero-order chi connectivity index (χ0) is 13.1. The molecule has 17 heavy (non-hydrogen) atoms. The maximum absolute atomic E-state index is 3.91. The molecule has 0 rings (SSSR count). The molecule has 0 aromatic heterocycles. The van der Waals surface area contributed by atoms with Gasteiger partial charge in [0.25, 0.3) is 0 Å². The summed E-state index contributed by atoms with van der Waals surface area (Å²) in [6.07, 6.45) is 7.41. The van der Waals surface area contributed by atoms with Gasteiger partial charge in [-0.2, -0.15) is 0 Å². The SMILES string of the molecule is C=C(C)CCCNNCC(CC)(CC)CCC. The van der Waals surface area contributed by atoms with Crippen molar-refractivity contribution >= 4 is 0 Å². The molecule has 0 aliphatic rings. The minimum Gasteiger partial charge on any atom is -0.258 e. The Hall–Kier alpha value is -0.340. The number of hydrazine groups is 1. The number of nitrogens with one attached hydrogen (secondary N) is 2. The molecular weight excluding hydrogens is 208 g/mol. The van der Waals surface area contributed by atoms with Crippen molar-refractivity contribution in [3.8, 4) is 0 Å². The minimum atomic E-state index is 0.482. The van der Waals surface area contributed by atoms with E-state index in [1.165, 1.54) is 37.7 Å². The fourth-order valence-electron chi connectivity index (χ4n) is 2.29. The molecular formula is C15H32N2. The summed E-state index contributed by atoms with van der Waals surface area (Å²) in [6, 6.07) is 0. The molecule has 0 saturated carbocycles. The van der Waals surface area contributed by atoms with Crippen LogP contribution in [0.4, 0.5) is 0 Å². The Morgan fingerprint density at radius 3 is 2.24 bits per heavy atom. The monoisotopic (exact) mass is 240 g/mol. The Morgan fingerprint density at radius 1 is 1.12 bits per heavy atom. The van der Waals surface area contributed by atoms with Crippen molar-refractivity contribution in [3.63, 3.8) is 0 Å². The van der Waals surface area contributed by atoms with Crippen LogP contribution >= 0.6 is 0 Å². The molecule has 0 fully saturated rings. The zero-order valence-electron chi connectivity index (χ0n) is 12.4. The topological polar surface area (TPSA) is 24.1 Å². The summed E-state index contributed by atoms with van der Waals surface area (Å²) in [5.74, 6) is 0. The third-order valence-electron chi connectivity index (χ3n) is 3.77. The molecule has 0 unspecified atom stereocenters. The van der Waals surface area contributed by atoms with Crippen LogP contribution in [0.2, 0.25) is 0 Å². The number of allylic oxidation sites excluding steroid dienone is 1. The molecule has 0 aromatic carbocycles. The second-order valence-corrected chi connectivity index (χ2v) is 5.30. The summed E-state index contributed by atoms with van der Waals surface area (Å²) in [6.45, 7) is 15.0. The molecule has 2 N–H and O–H groups in total. The zero-order valence-corrected chi connectivity index (χ0v) is 12.4. The first-order chi connectivity index (χ1) is 8.10. The van der Waals surface area contributed by atoms with Crippen molar-refractivity contribution in [3.05, 3.63) is 12.2 Å². The van der Waals surface area contributed by atoms with Crippen LogP contribution in [0.3, 0.4) is 0 Å². The van der Waals surface area contributed by atoms with Gasteiger partial charge in [0.15, 0.2) is 0 Å². The van der Waals surface area contributed by atoms with Crippen molar-refractivity contribution in [2.75, 3.05) is 13.1 Å². The van der Waals surface area contributed by atoms with Crippen molar-refractivity contribution in [2.24, 2.45) is 5.41 Å². The smallest absolute Gasteiger partial charge is 0.0156 e. The van der Waals surface area contributed by atoms with Gasteiger partial charge < -0.3 is 0 Å². The molecule has 0 aromatic rings. The lowest BCUT2D eigenvalue weighted by atomic mass is 9.78. The second-order valence-electron chi connectivity index (χ2n) is 5.30. The first kappa shape index (κ1) is 16.7. The molecule has 2 nitrogen and oxygen atoms in total. The van der Waals surface area contributed by atoms with E-state index in [0.717, 1.165) is 19.5 Å². The van der Waals surface area contributed by atoms with Crippen molar-refractivity contribution in [1.29, 1.82) is 0 Å². The van der Waals surface area contributed by atoms with Crippen LogP contribution in [0.1, 0.15) is 66.2 Å². The average molecular weight is 240 g/mol. The lowest BCUT2D eigenvalue weighted by molar-refractivity contribution is 0.214. The van der Waals surface area contributed by atoms with E-state index >= 15 is 0 Å². The highest BCUT2D eigenvalue weighted by molar-refractivity contribution is 4.87. The fourth-order valence-corrected chi connectivity index (χ4v) is 2.29. The van der Waals surface area contributed by atoms with Crippen molar-refractivity contribution < 1.29 is 0 Å². The van der Waals surface area contributed by atoms with Crippen molar-refractivity contribution in [2.45, 2.75) is 66.2 Å². The van der Waals surface area contributed by atoms with E-state index < -0.39 is 0 Å². The Balaban J connectivity index is 3.71. The molecule has 0 spiro atoms. The first-order valence-corrected chi connectivity index (χ1v) is 7.20. The van der Waals surface area contributed by atoms with E-state index in [1.54, 1.807) is 0 Å². The maximum Gasteiger partial charge on any atom is 0.0156 e. The van der Waals surface area contributed by atoms with Gasteiger partial charge in [-0.1, -0.05) is 32.8 Å². The molecule has 0 heterocycles. The minimum absolute atomic E-state index is 0.482. The summed E-state index contributed by atoms with van der Waals surface area (Å²) >= 11 is 0. The van der Waals surface area contributed by atoms with Gasteiger partial charge in [0.1, 0.15) is 0 Å². The predicted octanol–water partition coefficient (Wildman–Crippen LogP) is 4.04. The van der Waals surface area contributed by atoms with Crippen LogP contribution < -0.4 is 10.9 Å². The first-order valence-electron chi connectivity index (χ1n) is 7.20. The van der Waals surface area contributed by atoms with Gasteiger partial charge in [-0.15, -0.1) is 6.58 Å². The van der Waals surface area contributed by atoms with Gasteiger partial charge in [-0.05, 0) is 44.4 Å². The van der Waals surface area contributed by atoms with Gasteiger partial charge in [-0.25, -0.2) is 0 Å². The van der Waals surface area contributed by atoms with E-state index in [4.69, 9.17) is 0 Å². The van der Waals surface area contributed by atoms with Gasteiger partial charge in [-0.3, -0.25) is 10.9 Å². The summed E-state index contributed by atoms with van der Waals surface area (Å²) < 4.78 is 0. The second kappa shape index (κ2) is 9.67. The Labute approximate surface area is 108 Å². The molecule has 0 bridgehead atoms. The summed E-state index contributed by atoms with van der Waals surface area (Å²) in [5, 5.41) is 0. The molecule has 102 valence electrons. The Morgan fingerprint density at radius 2 is 1.76 bits per heavy atom. The van der Waals surface area contributed by atoms with E-state index in [-0.39, 0.29) is 0 Å². The molecule has 0 amide bonds. The van der Waals surface area contributed by atoms with Crippen molar-refractivity contribution in [1.82, 2.24) is 10.9 Å². The van der Waals surface area contributed by atoms with Crippen LogP contribution in [0, 0.1) is 5.41 Å². The predicted molar refractivity (Wildman–Crippen MR) is 78.0 cm³/mol.